The highest BCUT2D eigenvalue weighted by Gasteiger charge is 2.29. The zero-order chi connectivity index (χ0) is 17.5. The Kier molecular flexibility index (Phi) is 5.86. The zero-order valence-corrected chi connectivity index (χ0v) is 15.0. The van der Waals surface area contributed by atoms with Crippen molar-refractivity contribution < 1.29 is 18.9 Å². The fourth-order valence-electron chi connectivity index (χ4n) is 2.85. The molecule has 7 heteroatoms. The second kappa shape index (κ2) is 8.29. The Bertz CT molecular complexity index is 600. The number of aliphatic imine (C=N–C) groups is 1. The standard InChI is InChI=1S/C18H27N3O4/c1-3-19-17(21-12-18(2)7-4-9-25-18)20-8-10-22-14-5-6-15-16(11-14)24-13-23-15/h5-6,11H,3-4,7-10,12-13H2,1-2H3,(H2,19,20,21). The molecule has 0 radical (unpaired) electrons. The molecule has 0 bridgehead atoms. The lowest BCUT2D eigenvalue weighted by molar-refractivity contribution is 0.0283. The summed E-state index contributed by atoms with van der Waals surface area (Å²) in [6, 6.07) is 5.59. The number of fused-ring (bicyclic) bond motifs is 1. The monoisotopic (exact) mass is 349 g/mol. The van der Waals surface area contributed by atoms with Crippen LogP contribution in [0.15, 0.2) is 23.2 Å². The van der Waals surface area contributed by atoms with E-state index < -0.39 is 0 Å². The second-order valence-electron chi connectivity index (χ2n) is 6.39. The van der Waals surface area contributed by atoms with Gasteiger partial charge in [0.15, 0.2) is 17.5 Å². The molecule has 2 aliphatic heterocycles. The first-order valence-corrected chi connectivity index (χ1v) is 8.87. The summed E-state index contributed by atoms with van der Waals surface area (Å²) in [6.07, 6.45) is 2.17. The third-order valence-electron chi connectivity index (χ3n) is 4.22. The van der Waals surface area contributed by atoms with Gasteiger partial charge in [-0.2, -0.15) is 0 Å². The highest BCUT2D eigenvalue weighted by molar-refractivity contribution is 5.79. The van der Waals surface area contributed by atoms with Gasteiger partial charge < -0.3 is 29.6 Å². The lowest BCUT2D eigenvalue weighted by atomic mass is 10.0. The molecule has 2 aliphatic rings. The van der Waals surface area contributed by atoms with E-state index in [4.69, 9.17) is 18.9 Å². The van der Waals surface area contributed by atoms with Gasteiger partial charge in [-0.1, -0.05) is 0 Å². The van der Waals surface area contributed by atoms with Crippen LogP contribution in [0.2, 0.25) is 0 Å². The Morgan fingerprint density at radius 1 is 1.28 bits per heavy atom. The summed E-state index contributed by atoms with van der Waals surface area (Å²) in [4.78, 5) is 4.64. The zero-order valence-electron chi connectivity index (χ0n) is 15.0. The van der Waals surface area contributed by atoms with E-state index in [0.717, 1.165) is 49.2 Å². The van der Waals surface area contributed by atoms with Gasteiger partial charge in [0.05, 0.1) is 18.7 Å². The Hall–Kier alpha value is -2.15. The average molecular weight is 349 g/mol. The molecular formula is C18H27N3O4. The molecule has 25 heavy (non-hydrogen) atoms. The quantitative estimate of drug-likeness (QED) is 0.445. The molecule has 1 atom stereocenters. The molecule has 1 saturated heterocycles. The summed E-state index contributed by atoms with van der Waals surface area (Å²) >= 11 is 0. The molecule has 7 nitrogen and oxygen atoms in total. The molecule has 0 aromatic heterocycles. The summed E-state index contributed by atoms with van der Waals surface area (Å²) in [5.74, 6) is 3.04. The van der Waals surface area contributed by atoms with Gasteiger partial charge in [0.25, 0.3) is 0 Å². The maximum Gasteiger partial charge on any atom is 0.231 e. The van der Waals surface area contributed by atoms with Crippen LogP contribution in [0, 0.1) is 0 Å². The molecule has 138 valence electrons. The number of benzene rings is 1. The Morgan fingerprint density at radius 3 is 2.96 bits per heavy atom. The fourth-order valence-corrected chi connectivity index (χ4v) is 2.85. The van der Waals surface area contributed by atoms with Crippen molar-refractivity contribution in [3.05, 3.63) is 18.2 Å². The minimum Gasteiger partial charge on any atom is -0.492 e. The highest BCUT2D eigenvalue weighted by atomic mass is 16.7. The van der Waals surface area contributed by atoms with Crippen molar-refractivity contribution in [1.29, 1.82) is 0 Å². The molecule has 2 heterocycles. The van der Waals surface area contributed by atoms with E-state index in [1.54, 1.807) is 0 Å². The van der Waals surface area contributed by atoms with E-state index in [-0.39, 0.29) is 12.4 Å². The molecule has 2 N–H and O–H groups in total. The van der Waals surface area contributed by atoms with Gasteiger partial charge >= 0.3 is 0 Å². The lowest BCUT2D eigenvalue weighted by Crippen LogP contribution is -2.40. The van der Waals surface area contributed by atoms with Crippen LogP contribution in [0.25, 0.3) is 0 Å². The summed E-state index contributed by atoms with van der Waals surface area (Å²) in [5, 5.41) is 6.53. The smallest absolute Gasteiger partial charge is 0.231 e. The molecule has 1 fully saturated rings. The van der Waals surface area contributed by atoms with Crippen LogP contribution in [0.4, 0.5) is 0 Å². The molecule has 1 unspecified atom stereocenters. The van der Waals surface area contributed by atoms with Crippen LogP contribution in [0.3, 0.4) is 0 Å². The number of guanidine groups is 1. The Morgan fingerprint density at radius 2 is 2.16 bits per heavy atom. The van der Waals surface area contributed by atoms with Gasteiger partial charge in [-0.15, -0.1) is 0 Å². The summed E-state index contributed by atoms with van der Waals surface area (Å²) < 4.78 is 22.2. The van der Waals surface area contributed by atoms with Crippen molar-refractivity contribution in [1.82, 2.24) is 10.6 Å². The van der Waals surface area contributed by atoms with Gasteiger partial charge in [0.2, 0.25) is 6.79 Å². The molecular weight excluding hydrogens is 322 g/mol. The van der Waals surface area contributed by atoms with Crippen molar-refractivity contribution in [3.63, 3.8) is 0 Å². The highest BCUT2D eigenvalue weighted by Crippen LogP contribution is 2.35. The number of rotatable bonds is 7. The van der Waals surface area contributed by atoms with Gasteiger partial charge in [0, 0.05) is 19.2 Å². The van der Waals surface area contributed by atoms with Crippen molar-refractivity contribution in [2.24, 2.45) is 4.99 Å². The first-order chi connectivity index (χ1) is 12.2. The van der Waals surface area contributed by atoms with Crippen LogP contribution in [0.1, 0.15) is 26.7 Å². The van der Waals surface area contributed by atoms with E-state index in [2.05, 4.69) is 22.5 Å². The minimum absolute atomic E-state index is 0.134. The number of ether oxygens (including phenoxy) is 4. The van der Waals surface area contributed by atoms with Crippen LogP contribution >= 0.6 is 0 Å². The van der Waals surface area contributed by atoms with Gasteiger partial charge in [-0.25, -0.2) is 0 Å². The second-order valence-corrected chi connectivity index (χ2v) is 6.39. The van der Waals surface area contributed by atoms with Crippen molar-refractivity contribution in [2.45, 2.75) is 32.3 Å². The number of hydrogen-bond acceptors (Lipinski definition) is 5. The van der Waals surface area contributed by atoms with Crippen LogP contribution < -0.4 is 24.8 Å². The summed E-state index contributed by atoms with van der Waals surface area (Å²) in [7, 11) is 0. The molecule has 0 saturated carbocycles. The first kappa shape index (κ1) is 17.7. The largest absolute Gasteiger partial charge is 0.492 e. The first-order valence-electron chi connectivity index (χ1n) is 8.87. The van der Waals surface area contributed by atoms with E-state index >= 15 is 0 Å². The lowest BCUT2D eigenvalue weighted by Gasteiger charge is -2.21. The van der Waals surface area contributed by atoms with E-state index in [0.29, 0.717) is 19.7 Å². The molecule has 0 aliphatic carbocycles. The molecule has 0 spiro atoms. The summed E-state index contributed by atoms with van der Waals surface area (Å²) in [6.45, 7) is 7.92. The van der Waals surface area contributed by atoms with Crippen molar-refractivity contribution in [2.75, 3.05) is 39.6 Å². The van der Waals surface area contributed by atoms with Crippen molar-refractivity contribution >= 4 is 5.96 Å². The normalized spacial score (nSPS) is 22.1. The maximum atomic E-state index is 5.78. The number of nitrogens with zero attached hydrogens (tertiary/aromatic N) is 1. The third-order valence-corrected chi connectivity index (χ3v) is 4.22. The average Bonchev–Trinajstić information content (AvgIpc) is 3.25. The van der Waals surface area contributed by atoms with Crippen LogP contribution in [-0.2, 0) is 4.74 Å². The molecule has 0 amide bonds. The van der Waals surface area contributed by atoms with Gasteiger partial charge in [-0.3, -0.25) is 4.99 Å². The van der Waals surface area contributed by atoms with Gasteiger partial charge in [-0.05, 0) is 38.8 Å². The maximum absolute atomic E-state index is 5.78. The summed E-state index contributed by atoms with van der Waals surface area (Å²) in [5.41, 5.74) is -0.134. The van der Waals surface area contributed by atoms with E-state index in [9.17, 15) is 0 Å². The SMILES string of the molecule is CCNC(=NCC1(C)CCCO1)NCCOc1ccc2c(c1)OCO2. The van der Waals surface area contributed by atoms with Crippen LogP contribution in [-0.4, -0.2) is 51.2 Å². The number of nitrogens with one attached hydrogen (secondary N) is 2. The molecule has 3 rings (SSSR count). The topological polar surface area (TPSA) is 73.3 Å². The number of hydrogen-bond donors (Lipinski definition) is 2. The molecule has 1 aromatic carbocycles. The molecule has 1 aromatic rings. The van der Waals surface area contributed by atoms with Crippen molar-refractivity contribution in [3.8, 4) is 17.2 Å². The predicted octanol–water partition coefficient (Wildman–Crippen LogP) is 1.92. The Labute approximate surface area is 148 Å². The Balaban J connectivity index is 1.43. The third kappa shape index (κ3) is 4.92. The van der Waals surface area contributed by atoms with E-state index in [1.807, 2.05) is 25.1 Å². The van der Waals surface area contributed by atoms with Gasteiger partial charge in [0.1, 0.15) is 12.4 Å². The van der Waals surface area contributed by atoms with E-state index in [1.165, 1.54) is 0 Å². The van der Waals surface area contributed by atoms with Crippen LogP contribution in [0.5, 0.6) is 17.2 Å². The minimum atomic E-state index is -0.134. The predicted molar refractivity (Wildman–Crippen MR) is 95.6 cm³/mol. The fraction of sp³-hybridized carbons (Fsp3) is 0.611.